The number of halogens is 1. The molecule has 1 heterocycles. The van der Waals surface area contributed by atoms with Crippen molar-refractivity contribution in [3.8, 4) is 5.75 Å². The van der Waals surface area contributed by atoms with Crippen LogP contribution in [0.5, 0.6) is 5.75 Å². The average Bonchev–Trinajstić information content (AvgIpc) is 2.48. The molecule has 1 saturated heterocycles. The fourth-order valence-electron chi connectivity index (χ4n) is 1.84. The molecule has 2 amide bonds. The van der Waals surface area contributed by atoms with Crippen molar-refractivity contribution in [1.29, 1.82) is 0 Å². The van der Waals surface area contributed by atoms with Gasteiger partial charge in [0.15, 0.2) is 0 Å². The number of rotatable bonds is 1. The van der Waals surface area contributed by atoms with Crippen molar-refractivity contribution in [2.75, 3.05) is 4.90 Å². The summed E-state index contributed by atoms with van der Waals surface area (Å²) in [6.07, 6.45) is 0. The van der Waals surface area contributed by atoms with Gasteiger partial charge in [-0.1, -0.05) is 25.4 Å². The summed E-state index contributed by atoms with van der Waals surface area (Å²) in [5.74, 6) is -1.30. The van der Waals surface area contributed by atoms with E-state index in [-0.39, 0.29) is 34.4 Å². The van der Waals surface area contributed by atoms with Crippen LogP contribution in [-0.2, 0) is 9.59 Å². The maximum absolute atomic E-state index is 11.9. The van der Waals surface area contributed by atoms with Crippen LogP contribution in [0.4, 0.5) is 5.69 Å². The second kappa shape index (κ2) is 4.04. The third-order valence-electron chi connectivity index (χ3n) is 3.16. The summed E-state index contributed by atoms with van der Waals surface area (Å²) in [6.45, 7) is 3.45. The Balaban J connectivity index is 2.43. The summed E-state index contributed by atoms with van der Waals surface area (Å²) in [5, 5.41) is 9.67. The highest BCUT2D eigenvalue weighted by Gasteiger charge is 2.43. The molecule has 0 spiro atoms. The van der Waals surface area contributed by atoms with Crippen molar-refractivity contribution < 1.29 is 14.7 Å². The summed E-state index contributed by atoms with van der Waals surface area (Å²) in [7, 11) is 0. The number of carbonyl (C=O) groups excluding carboxylic acids is 2. The first kappa shape index (κ1) is 11.9. The molecule has 0 aromatic heterocycles. The molecule has 5 heteroatoms. The zero-order valence-corrected chi connectivity index (χ0v) is 10.2. The molecule has 1 aliphatic rings. The van der Waals surface area contributed by atoms with E-state index in [2.05, 4.69) is 0 Å². The molecule has 2 rings (SSSR count). The van der Waals surface area contributed by atoms with Crippen LogP contribution in [0.1, 0.15) is 13.8 Å². The van der Waals surface area contributed by atoms with Crippen LogP contribution < -0.4 is 4.90 Å². The molecule has 4 nitrogen and oxygen atoms in total. The molecular weight excluding hydrogens is 242 g/mol. The van der Waals surface area contributed by atoms with Crippen molar-refractivity contribution in [3.63, 3.8) is 0 Å². The van der Waals surface area contributed by atoms with E-state index in [1.54, 1.807) is 19.9 Å². The van der Waals surface area contributed by atoms with E-state index >= 15 is 0 Å². The highest BCUT2D eigenvalue weighted by Crippen LogP contribution is 2.34. The number of hydrogen-bond donors (Lipinski definition) is 1. The second-order valence-corrected chi connectivity index (χ2v) is 4.63. The van der Waals surface area contributed by atoms with Crippen molar-refractivity contribution in [3.05, 3.63) is 23.2 Å². The molecular formula is C12H12ClNO3. The van der Waals surface area contributed by atoms with E-state index in [9.17, 15) is 14.7 Å². The van der Waals surface area contributed by atoms with Gasteiger partial charge in [-0.05, 0) is 12.1 Å². The standard InChI is InChI=1S/C12H12ClNO3/c1-6-7(2)12(17)14(11(6)16)8-3-4-9(13)10(15)5-8/h3-7,15H,1-2H3. The van der Waals surface area contributed by atoms with Crippen LogP contribution in [0.2, 0.25) is 5.02 Å². The number of hydrogen-bond acceptors (Lipinski definition) is 3. The Bertz CT molecular complexity index is 481. The number of aromatic hydroxyl groups is 1. The number of phenolic OH excluding ortho intramolecular Hbond substituents is 1. The van der Waals surface area contributed by atoms with Gasteiger partial charge in [0.25, 0.3) is 0 Å². The number of benzene rings is 1. The van der Waals surface area contributed by atoms with Gasteiger partial charge < -0.3 is 5.11 Å². The van der Waals surface area contributed by atoms with Crippen LogP contribution in [0.15, 0.2) is 18.2 Å². The van der Waals surface area contributed by atoms with Gasteiger partial charge in [0, 0.05) is 17.9 Å². The first-order chi connectivity index (χ1) is 7.93. The van der Waals surface area contributed by atoms with Gasteiger partial charge in [0.2, 0.25) is 11.8 Å². The summed E-state index contributed by atoms with van der Waals surface area (Å²) in [6, 6.07) is 4.33. The third kappa shape index (κ3) is 1.78. The Morgan fingerprint density at radius 1 is 1.18 bits per heavy atom. The molecule has 0 aliphatic carbocycles. The van der Waals surface area contributed by atoms with E-state index in [0.29, 0.717) is 5.69 Å². The summed E-state index contributed by atoms with van der Waals surface area (Å²) >= 11 is 5.68. The topological polar surface area (TPSA) is 57.6 Å². The van der Waals surface area contributed by atoms with Gasteiger partial charge in [-0.25, -0.2) is 4.90 Å². The second-order valence-electron chi connectivity index (χ2n) is 4.22. The number of anilines is 1. The number of phenols is 1. The highest BCUT2D eigenvalue weighted by atomic mass is 35.5. The first-order valence-electron chi connectivity index (χ1n) is 5.30. The van der Waals surface area contributed by atoms with E-state index in [4.69, 9.17) is 11.6 Å². The molecule has 0 saturated carbocycles. The van der Waals surface area contributed by atoms with Crippen LogP contribution in [0.25, 0.3) is 0 Å². The SMILES string of the molecule is CC1C(=O)N(c2ccc(Cl)c(O)c2)C(=O)C1C. The van der Waals surface area contributed by atoms with Crippen LogP contribution >= 0.6 is 11.6 Å². The quantitative estimate of drug-likeness (QED) is 0.781. The molecule has 2 atom stereocenters. The molecule has 0 bridgehead atoms. The minimum atomic E-state index is -0.333. The summed E-state index contributed by atoms with van der Waals surface area (Å²) in [4.78, 5) is 24.9. The van der Waals surface area contributed by atoms with Crippen molar-refractivity contribution in [2.45, 2.75) is 13.8 Å². The van der Waals surface area contributed by atoms with Gasteiger partial charge >= 0.3 is 0 Å². The lowest BCUT2D eigenvalue weighted by Gasteiger charge is -2.15. The maximum atomic E-state index is 11.9. The predicted molar refractivity (Wildman–Crippen MR) is 63.9 cm³/mol. The Kier molecular flexibility index (Phi) is 2.83. The van der Waals surface area contributed by atoms with Gasteiger partial charge in [-0.3, -0.25) is 9.59 Å². The maximum Gasteiger partial charge on any atom is 0.237 e. The van der Waals surface area contributed by atoms with Gasteiger partial charge in [-0.2, -0.15) is 0 Å². The van der Waals surface area contributed by atoms with E-state index in [1.807, 2.05) is 0 Å². The van der Waals surface area contributed by atoms with Crippen molar-refractivity contribution in [1.82, 2.24) is 0 Å². The monoisotopic (exact) mass is 253 g/mol. The molecule has 2 unspecified atom stereocenters. The van der Waals surface area contributed by atoms with Crippen LogP contribution in [0.3, 0.4) is 0 Å². The van der Waals surface area contributed by atoms with Crippen LogP contribution in [0, 0.1) is 11.8 Å². The molecule has 1 aliphatic heterocycles. The lowest BCUT2D eigenvalue weighted by molar-refractivity contribution is -0.122. The number of imide groups is 1. The largest absolute Gasteiger partial charge is 0.506 e. The van der Waals surface area contributed by atoms with E-state index in [0.717, 1.165) is 4.90 Å². The van der Waals surface area contributed by atoms with E-state index < -0.39 is 0 Å². The van der Waals surface area contributed by atoms with Gasteiger partial charge in [0.05, 0.1) is 10.7 Å². The smallest absolute Gasteiger partial charge is 0.237 e. The van der Waals surface area contributed by atoms with Crippen molar-refractivity contribution >= 4 is 29.1 Å². The number of carbonyl (C=O) groups is 2. The predicted octanol–water partition coefficient (Wildman–Crippen LogP) is 2.19. The zero-order chi connectivity index (χ0) is 12.7. The fourth-order valence-corrected chi connectivity index (χ4v) is 1.96. The third-order valence-corrected chi connectivity index (χ3v) is 3.48. The minimum Gasteiger partial charge on any atom is -0.506 e. The highest BCUT2D eigenvalue weighted by molar-refractivity contribution is 6.32. The number of amides is 2. The fraction of sp³-hybridized carbons (Fsp3) is 0.333. The lowest BCUT2D eigenvalue weighted by Crippen LogP contribution is -2.30. The van der Waals surface area contributed by atoms with Gasteiger partial charge in [0.1, 0.15) is 5.75 Å². The minimum absolute atomic E-state index is 0.142. The Labute approximate surface area is 104 Å². The normalized spacial score (nSPS) is 24.5. The van der Waals surface area contributed by atoms with E-state index in [1.165, 1.54) is 12.1 Å². The summed E-state index contributed by atoms with van der Waals surface area (Å²) < 4.78 is 0. The lowest BCUT2D eigenvalue weighted by atomic mass is 10.00. The Hall–Kier alpha value is -1.55. The van der Waals surface area contributed by atoms with Crippen molar-refractivity contribution in [2.24, 2.45) is 11.8 Å². The first-order valence-corrected chi connectivity index (χ1v) is 5.67. The average molecular weight is 254 g/mol. The van der Waals surface area contributed by atoms with Crippen LogP contribution in [-0.4, -0.2) is 16.9 Å². The Morgan fingerprint density at radius 2 is 1.71 bits per heavy atom. The zero-order valence-electron chi connectivity index (χ0n) is 9.48. The molecule has 90 valence electrons. The molecule has 0 radical (unpaired) electrons. The molecule has 1 N–H and O–H groups in total. The summed E-state index contributed by atoms with van der Waals surface area (Å²) in [5.41, 5.74) is 0.359. The number of nitrogens with zero attached hydrogens (tertiary/aromatic N) is 1. The molecule has 17 heavy (non-hydrogen) atoms. The Morgan fingerprint density at radius 3 is 2.18 bits per heavy atom. The molecule has 1 fully saturated rings. The van der Waals surface area contributed by atoms with Gasteiger partial charge in [-0.15, -0.1) is 0 Å². The molecule has 1 aromatic carbocycles. The molecule has 1 aromatic rings.